The zero-order valence-electron chi connectivity index (χ0n) is 22.1. The van der Waals surface area contributed by atoms with E-state index in [9.17, 15) is 14.7 Å². The van der Waals surface area contributed by atoms with Gasteiger partial charge in [-0.25, -0.2) is 4.98 Å². The summed E-state index contributed by atoms with van der Waals surface area (Å²) in [6.45, 7) is 2.60. The molecule has 0 spiro atoms. The Morgan fingerprint density at radius 3 is 2.05 bits per heavy atom. The average Bonchev–Trinajstić information content (AvgIpc) is 3.44. The predicted molar refractivity (Wildman–Crippen MR) is 152 cm³/mol. The Morgan fingerprint density at radius 2 is 1.46 bits per heavy atom. The molecule has 2 aliphatic rings. The number of halogens is 2. The molecule has 210 valence electrons. The molecule has 1 fully saturated rings. The average molecular weight is 592 g/mol. The van der Waals surface area contributed by atoms with Crippen LogP contribution >= 0.6 is 23.2 Å². The number of fused-ring (bicyclic) bond motifs is 1. The molecule has 0 radical (unpaired) electrons. The Labute approximate surface area is 247 Å². The third-order valence-corrected chi connectivity index (χ3v) is 8.47. The Balaban J connectivity index is 1.24. The lowest BCUT2D eigenvalue weighted by molar-refractivity contribution is -0.276. The SMILES string of the molecule is C[C@H]1[C@@H](Cn2cnc(Cl)c2Cl)O[C@@H](c2ccc(CN3C(=O)c4ccccc4C3=O)cc2)O[C@H]1c1ccc(CO)cc1. The predicted octanol–water partition coefficient (Wildman–Crippen LogP) is 5.97. The topological polar surface area (TPSA) is 93.9 Å². The molecule has 3 heterocycles. The summed E-state index contributed by atoms with van der Waals surface area (Å²) in [4.78, 5) is 31.0. The maximum absolute atomic E-state index is 12.8. The first kappa shape index (κ1) is 27.6. The maximum Gasteiger partial charge on any atom is 0.261 e. The molecule has 4 atom stereocenters. The molecule has 0 aliphatic carbocycles. The molecule has 2 aliphatic heterocycles. The van der Waals surface area contributed by atoms with E-state index in [2.05, 4.69) is 11.9 Å². The zero-order chi connectivity index (χ0) is 28.7. The smallest absolute Gasteiger partial charge is 0.261 e. The molecule has 4 aromatic rings. The van der Waals surface area contributed by atoms with Crippen molar-refractivity contribution in [1.82, 2.24) is 14.5 Å². The standard InChI is InChI=1S/C31H27Cl2N3O5/c1-18-25(15-35-17-34-27(32)28(35)33)40-31(41-26(18)21-10-8-20(16-37)9-11-21)22-12-6-19(7-13-22)14-36-29(38)23-4-2-3-5-24(23)30(36)39/h2-13,17-18,25-26,31,37H,14-16H2,1H3/t18-,25+,26+,31+/m0/s1. The number of imide groups is 1. The Kier molecular flexibility index (Phi) is 7.68. The van der Waals surface area contributed by atoms with Crippen molar-refractivity contribution in [3.8, 4) is 0 Å². The highest BCUT2D eigenvalue weighted by molar-refractivity contribution is 6.40. The third kappa shape index (κ3) is 5.29. The van der Waals surface area contributed by atoms with Crippen LogP contribution in [0.2, 0.25) is 10.3 Å². The molecule has 0 bridgehead atoms. The second-order valence-corrected chi connectivity index (χ2v) is 11.0. The molecule has 1 aromatic heterocycles. The number of carbonyl (C=O) groups excluding carboxylic acids is 2. The van der Waals surface area contributed by atoms with E-state index >= 15 is 0 Å². The first-order valence-electron chi connectivity index (χ1n) is 13.2. The van der Waals surface area contributed by atoms with Crippen molar-refractivity contribution in [2.75, 3.05) is 0 Å². The molecule has 2 amide bonds. The van der Waals surface area contributed by atoms with E-state index in [1.54, 1.807) is 35.2 Å². The summed E-state index contributed by atoms with van der Waals surface area (Å²) in [5, 5.41) is 10.0. The number of nitrogens with zero attached hydrogens (tertiary/aromatic N) is 3. The van der Waals surface area contributed by atoms with Crippen molar-refractivity contribution in [2.24, 2.45) is 5.92 Å². The van der Waals surface area contributed by atoms with Crippen molar-refractivity contribution < 1.29 is 24.2 Å². The quantitative estimate of drug-likeness (QED) is 0.266. The highest BCUT2D eigenvalue weighted by Crippen LogP contribution is 2.42. The fourth-order valence-electron chi connectivity index (χ4n) is 5.34. The highest BCUT2D eigenvalue weighted by atomic mass is 35.5. The normalized spacial score (nSPS) is 22.3. The van der Waals surface area contributed by atoms with E-state index in [0.717, 1.165) is 22.3 Å². The number of aromatic nitrogens is 2. The van der Waals surface area contributed by atoms with Crippen molar-refractivity contribution >= 4 is 35.0 Å². The van der Waals surface area contributed by atoms with Gasteiger partial charge in [0.25, 0.3) is 11.8 Å². The minimum absolute atomic E-state index is 0.0390. The summed E-state index contributed by atoms with van der Waals surface area (Å²) in [7, 11) is 0. The molecule has 6 rings (SSSR count). The van der Waals surface area contributed by atoms with Crippen molar-refractivity contribution in [2.45, 2.75) is 45.1 Å². The summed E-state index contributed by atoms with van der Waals surface area (Å²) in [6.07, 6.45) is 0.300. The Bertz CT molecular complexity index is 1550. The molecular formula is C31H27Cl2N3O5. The minimum Gasteiger partial charge on any atom is -0.392 e. The number of aliphatic hydroxyl groups is 1. The first-order chi connectivity index (χ1) is 19.8. The number of imidazole rings is 1. The summed E-state index contributed by atoms with van der Waals surface area (Å²) in [6, 6.07) is 22.0. The van der Waals surface area contributed by atoms with E-state index in [-0.39, 0.29) is 48.2 Å². The van der Waals surface area contributed by atoms with Crippen LogP contribution < -0.4 is 0 Å². The van der Waals surface area contributed by atoms with Crippen LogP contribution in [0.1, 0.15) is 62.3 Å². The summed E-state index contributed by atoms with van der Waals surface area (Å²) in [5.41, 5.74) is 4.23. The van der Waals surface area contributed by atoms with E-state index in [0.29, 0.717) is 22.8 Å². The van der Waals surface area contributed by atoms with Gasteiger partial charge in [-0.3, -0.25) is 14.5 Å². The van der Waals surface area contributed by atoms with Gasteiger partial charge in [0.2, 0.25) is 0 Å². The fraction of sp³-hybridized carbons (Fsp3) is 0.258. The number of benzene rings is 3. The Morgan fingerprint density at radius 1 is 0.854 bits per heavy atom. The van der Waals surface area contributed by atoms with Crippen molar-refractivity contribution in [3.05, 3.63) is 123 Å². The largest absolute Gasteiger partial charge is 0.392 e. The van der Waals surface area contributed by atoms with Crippen LogP contribution in [0.15, 0.2) is 79.1 Å². The van der Waals surface area contributed by atoms with E-state index in [1.165, 1.54) is 4.90 Å². The highest BCUT2D eigenvalue weighted by Gasteiger charge is 2.39. The second kappa shape index (κ2) is 11.4. The van der Waals surface area contributed by atoms with Crippen molar-refractivity contribution in [1.29, 1.82) is 0 Å². The van der Waals surface area contributed by atoms with E-state index in [4.69, 9.17) is 32.7 Å². The lowest BCUT2D eigenvalue weighted by atomic mass is 9.90. The lowest BCUT2D eigenvalue weighted by Gasteiger charge is -2.41. The number of rotatable bonds is 7. The summed E-state index contributed by atoms with van der Waals surface area (Å²) < 4.78 is 14.7. The van der Waals surface area contributed by atoms with Crippen LogP contribution in [-0.4, -0.2) is 37.5 Å². The molecule has 8 nitrogen and oxygen atoms in total. The van der Waals surface area contributed by atoms with Crippen molar-refractivity contribution in [3.63, 3.8) is 0 Å². The number of carbonyl (C=O) groups is 2. The summed E-state index contributed by atoms with van der Waals surface area (Å²) in [5.74, 6) is -0.644. The molecule has 41 heavy (non-hydrogen) atoms. The number of hydrogen-bond acceptors (Lipinski definition) is 6. The Hall–Kier alpha value is -3.53. The van der Waals surface area contributed by atoms with Crippen LogP contribution in [0.5, 0.6) is 0 Å². The van der Waals surface area contributed by atoms with Gasteiger partial charge in [-0.05, 0) is 28.8 Å². The maximum atomic E-state index is 12.8. The van der Waals surface area contributed by atoms with Gasteiger partial charge < -0.3 is 19.1 Å². The van der Waals surface area contributed by atoms with Crippen LogP contribution in [-0.2, 0) is 29.2 Å². The van der Waals surface area contributed by atoms with Crippen LogP contribution in [0.25, 0.3) is 0 Å². The number of ether oxygens (including phenoxy) is 2. The van der Waals surface area contributed by atoms with Crippen LogP contribution in [0.3, 0.4) is 0 Å². The van der Waals surface area contributed by atoms with Gasteiger partial charge in [0.05, 0.1) is 49.4 Å². The number of amides is 2. The third-order valence-electron chi connectivity index (χ3n) is 7.70. The molecular weight excluding hydrogens is 565 g/mol. The van der Waals surface area contributed by atoms with Gasteiger partial charge in [0.15, 0.2) is 11.4 Å². The number of hydrogen-bond donors (Lipinski definition) is 1. The monoisotopic (exact) mass is 591 g/mol. The van der Waals surface area contributed by atoms with Gasteiger partial charge in [0.1, 0.15) is 5.15 Å². The fourth-order valence-corrected chi connectivity index (χ4v) is 5.65. The van der Waals surface area contributed by atoms with E-state index in [1.807, 2.05) is 48.5 Å². The molecule has 1 saturated heterocycles. The first-order valence-corrected chi connectivity index (χ1v) is 14.0. The van der Waals surface area contributed by atoms with Gasteiger partial charge in [-0.1, -0.05) is 90.8 Å². The molecule has 10 heteroatoms. The lowest BCUT2D eigenvalue weighted by Crippen LogP contribution is -2.39. The molecule has 3 aromatic carbocycles. The van der Waals surface area contributed by atoms with Gasteiger partial charge in [-0.15, -0.1) is 0 Å². The molecule has 0 unspecified atom stereocenters. The van der Waals surface area contributed by atoms with Gasteiger partial charge in [0, 0.05) is 11.5 Å². The van der Waals surface area contributed by atoms with E-state index < -0.39 is 6.29 Å². The summed E-state index contributed by atoms with van der Waals surface area (Å²) >= 11 is 12.4. The molecule has 1 N–H and O–H groups in total. The van der Waals surface area contributed by atoms with Crippen LogP contribution in [0, 0.1) is 5.92 Å². The minimum atomic E-state index is -0.690. The molecule has 0 saturated carbocycles. The van der Waals surface area contributed by atoms with Gasteiger partial charge in [-0.2, -0.15) is 0 Å². The number of aliphatic hydroxyl groups excluding tert-OH is 1. The van der Waals surface area contributed by atoms with Crippen LogP contribution in [0.4, 0.5) is 0 Å². The second-order valence-electron chi connectivity index (χ2n) is 10.3. The zero-order valence-corrected chi connectivity index (χ0v) is 23.6. The van der Waals surface area contributed by atoms with Gasteiger partial charge >= 0.3 is 0 Å².